The van der Waals surface area contributed by atoms with Crippen LogP contribution in [0.3, 0.4) is 0 Å². The van der Waals surface area contributed by atoms with E-state index in [4.69, 9.17) is 4.74 Å². The number of anilines is 1. The van der Waals surface area contributed by atoms with E-state index in [-0.39, 0.29) is 11.7 Å². The molecule has 0 unspecified atom stereocenters. The SMILES string of the molecule is Cc1cccc(-c2cnc3c(c2)N(C(=O)c2cc(Br)c(O)c(Br)c2)CCO3)c1. The molecule has 7 heteroatoms. The third kappa shape index (κ3) is 3.52. The average Bonchev–Trinajstić information content (AvgIpc) is 2.70. The van der Waals surface area contributed by atoms with Crippen LogP contribution in [-0.4, -0.2) is 29.1 Å². The standard InChI is InChI=1S/C21H16Br2N2O3/c1-12-3-2-4-13(7-12)15-10-18-20(24-11-15)28-6-5-25(18)21(27)14-8-16(22)19(26)17(23)9-14/h2-4,7-11,26H,5-6H2,1H3. The van der Waals surface area contributed by atoms with Gasteiger partial charge in [-0.2, -0.15) is 0 Å². The Morgan fingerprint density at radius 2 is 1.89 bits per heavy atom. The van der Waals surface area contributed by atoms with E-state index < -0.39 is 0 Å². The van der Waals surface area contributed by atoms with Crippen LogP contribution in [0.15, 0.2) is 57.6 Å². The molecule has 1 amide bonds. The maximum Gasteiger partial charge on any atom is 0.258 e. The summed E-state index contributed by atoms with van der Waals surface area (Å²) in [6.45, 7) is 2.83. The number of hydrogen-bond acceptors (Lipinski definition) is 4. The molecule has 3 aromatic rings. The number of carbonyl (C=O) groups is 1. The van der Waals surface area contributed by atoms with Crippen molar-refractivity contribution < 1.29 is 14.6 Å². The van der Waals surface area contributed by atoms with Crippen LogP contribution >= 0.6 is 31.9 Å². The lowest BCUT2D eigenvalue weighted by atomic mass is 10.0. The molecule has 0 fully saturated rings. The first kappa shape index (κ1) is 19.0. The van der Waals surface area contributed by atoms with Crippen LogP contribution in [-0.2, 0) is 0 Å². The van der Waals surface area contributed by atoms with Gasteiger partial charge in [0.2, 0.25) is 5.88 Å². The molecule has 2 heterocycles. The minimum Gasteiger partial charge on any atom is -0.506 e. The first-order valence-electron chi connectivity index (χ1n) is 8.64. The highest BCUT2D eigenvalue weighted by molar-refractivity contribution is 9.11. The summed E-state index contributed by atoms with van der Waals surface area (Å²) in [5.74, 6) is 0.310. The Kier molecular flexibility index (Phi) is 5.12. The first-order valence-corrected chi connectivity index (χ1v) is 10.2. The van der Waals surface area contributed by atoms with E-state index >= 15 is 0 Å². The summed E-state index contributed by atoms with van der Waals surface area (Å²) < 4.78 is 6.56. The number of phenols is 1. The second kappa shape index (κ2) is 7.56. The monoisotopic (exact) mass is 502 g/mol. The van der Waals surface area contributed by atoms with Crippen molar-refractivity contribution in [1.82, 2.24) is 4.98 Å². The quantitative estimate of drug-likeness (QED) is 0.513. The number of aromatic hydroxyl groups is 1. The fraction of sp³-hybridized carbons (Fsp3) is 0.143. The average molecular weight is 504 g/mol. The molecule has 0 atom stereocenters. The number of ether oxygens (including phenoxy) is 1. The predicted octanol–water partition coefficient (Wildman–Crippen LogP) is 5.33. The van der Waals surface area contributed by atoms with E-state index in [9.17, 15) is 9.90 Å². The highest BCUT2D eigenvalue weighted by Gasteiger charge is 2.27. The number of fused-ring (bicyclic) bond motifs is 1. The van der Waals surface area contributed by atoms with Crippen LogP contribution in [0, 0.1) is 6.92 Å². The van der Waals surface area contributed by atoms with Gasteiger partial charge in [-0.15, -0.1) is 0 Å². The number of halogens is 2. The first-order chi connectivity index (χ1) is 13.4. The van der Waals surface area contributed by atoms with Gasteiger partial charge < -0.3 is 14.7 Å². The van der Waals surface area contributed by atoms with E-state index in [1.54, 1.807) is 23.2 Å². The Hall–Kier alpha value is -2.38. The zero-order valence-electron chi connectivity index (χ0n) is 14.9. The Labute approximate surface area is 179 Å². The fourth-order valence-corrected chi connectivity index (χ4v) is 4.32. The van der Waals surface area contributed by atoms with Crippen LogP contribution in [0.4, 0.5) is 5.69 Å². The summed E-state index contributed by atoms with van der Waals surface area (Å²) >= 11 is 6.56. The summed E-state index contributed by atoms with van der Waals surface area (Å²) in [4.78, 5) is 19.3. The van der Waals surface area contributed by atoms with Gasteiger partial charge in [0.1, 0.15) is 18.0 Å². The molecule has 1 N–H and O–H groups in total. The molecule has 0 radical (unpaired) electrons. The smallest absolute Gasteiger partial charge is 0.258 e. The summed E-state index contributed by atoms with van der Waals surface area (Å²) in [5.41, 5.74) is 4.18. The van der Waals surface area contributed by atoms with Crippen LogP contribution in [0.2, 0.25) is 0 Å². The number of aryl methyl sites for hydroxylation is 1. The third-order valence-electron chi connectivity index (χ3n) is 4.54. The maximum atomic E-state index is 13.2. The molecular weight excluding hydrogens is 488 g/mol. The van der Waals surface area contributed by atoms with Gasteiger partial charge in [0.05, 0.1) is 15.5 Å². The lowest BCUT2D eigenvalue weighted by Crippen LogP contribution is -2.38. The van der Waals surface area contributed by atoms with Gasteiger partial charge in [-0.05, 0) is 62.5 Å². The van der Waals surface area contributed by atoms with Crippen molar-refractivity contribution in [1.29, 1.82) is 0 Å². The molecule has 142 valence electrons. The largest absolute Gasteiger partial charge is 0.506 e. The van der Waals surface area contributed by atoms with Crippen molar-refractivity contribution in [2.75, 3.05) is 18.1 Å². The summed E-state index contributed by atoms with van der Waals surface area (Å²) in [5, 5.41) is 9.92. The number of rotatable bonds is 2. The predicted molar refractivity (Wildman–Crippen MR) is 115 cm³/mol. The van der Waals surface area contributed by atoms with E-state index in [1.807, 2.05) is 31.2 Å². The number of carbonyl (C=O) groups excluding carboxylic acids is 1. The molecule has 0 saturated carbocycles. The lowest BCUT2D eigenvalue weighted by molar-refractivity contribution is 0.0975. The number of hydrogen-bond donors (Lipinski definition) is 1. The van der Waals surface area contributed by atoms with E-state index in [0.717, 1.165) is 16.7 Å². The normalized spacial score (nSPS) is 13.0. The number of phenolic OH excluding ortho intramolecular Hbond substituents is 1. The molecule has 2 aromatic carbocycles. The summed E-state index contributed by atoms with van der Waals surface area (Å²) in [7, 11) is 0. The minimum atomic E-state index is -0.186. The summed E-state index contributed by atoms with van der Waals surface area (Å²) in [6, 6.07) is 13.3. The number of aromatic nitrogens is 1. The molecule has 0 spiro atoms. The van der Waals surface area contributed by atoms with Crippen LogP contribution in [0.25, 0.3) is 11.1 Å². The van der Waals surface area contributed by atoms with Gasteiger partial charge >= 0.3 is 0 Å². The zero-order chi connectivity index (χ0) is 19.8. The Morgan fingerprint density at radius 3 is 2.61 bits per heavy atom. The van der Waals surface area contributed by atoms with Gasteiger partial charge in [-0.3, -0.25) is 4.79 Å². The molecular formula is C21H16Br2N2O3. The van der Waals surface area contributed by atoms with Crippen molar-refractivity contribution in [3.63, 3.8) is 0 Å². The fourth-order valence-electron chi connectivity index (χ4n) is 3.14. The van der Waals surface area contributed by atoms with E-state index in [2.05, 4.69) is 42.9 Å². The molecule has 28 heavy (non-hydrogen) atoms. The molecule has 4 rings (SSSR count). The van der Waals surface area contributed by atoms with Gasteiger partial charge in [0.25, 0.3) is 5.91 Å². The minimum absolute atomic E-state index is 0.0577. The number of nitrogens with zero attached hydrogens (tertiary/aromatic N) is 2. The third-order valence-corrected chi connectivity index (χ3v) is 5.75. The maximum absolute atomic E-state index is 13.2. The topological polar surface area (TPSA) is 62.7 Å². The number of amides is 1. The van der Waals surface area contributed by atoms with Crippen molar-refractivity contribution in [3.8, 4) is 22.8 Å². The highest BCUT2D eigenvalue weighted by atomic mass is 79.9. The van der Waals surface area contributed by atoms with Crippen LogP contribution in [0.1, 0.15) is 15.9 Å². The van der Waals surface area contributed by atoms with Gasteiger partial charge in [0.15, 0.2) is 0 Å². The molecule has 5 nitrogen and oxygen atoms in total. The van der Waals surface area contributed by atoms with Crippen LogP contribution < -0.4 is 9.64 Å². The van der Waals surface area contributed by atoms with Crippen molar-refractivity contribution in [2.24, 2.45) is 0 Å². The lowest BCUT2D eigenvalue weighted by Gasteiger charge is -2.29. The molecule has 1 aliphatic heterocycles. The van der Waals surface area contributed by atoms with Gasteiger partial charge in [-0.25, -0.2) is 4.98 Å². The second-order valence-corrected chi connectivity index (χ2v) is 8.22. The number of pyridine rings is 1. The van der Waals surface area contributed by atoms with E-state index in [0.29, 0.717) is 39.2 Å². The van der Waals surface area contributed by atoms with Crippen molar-refractivity contribution >= 4 is 43.5 Å². The summed E-state index contributed by atoms with van der Waals surface area (Å²) in [6.07, 6.45) is 1.76. The molecule has 0 saturated heterocycles. The van der Waals surface area contributed by atoms with Gasteiger partial charge in [0, 0.05) is 17.3 Å². The Morgan fingerprint density at radius 1 is 1.14 bits per heavy atom. The molecule has 0 bridgehead atoms. The van der Waals surface area contributed by atoms with E-state index in [1.165, 1.54) is 0 Å². The second-order valence-electron chi connectivity index (χ2n) is 6.51. The van der Waals surface area contributed by atoms with Crippen LogP contribution in [0.5, 0.6) is 11.6 Å². The molecule has 1 aromatic heterocycles. The van der Waals surface area contributed by atoms with Gasteiger partial charge in [-0.1, -0.05) is 29.8 Å². The highest BCUT2D eigenvalue weighted by Crippen LogP contribution is 2.37. The molecule has 1 aliphatic rings. The van der Waals surface area contributed by atoms with Crippen molar-refractivity contribution in [2.45, 2.75) is 6.92 Å². The number of benzene rings is 2. The zero-order valence-corrected chi connectivity index (χ0v) is 18.1. The van der Waals surface area contributed by atoms with Crippen molar-refractivity contribution in [3.05, 3.63) is 68.7 Å². The Bertz CT molecular complexity index is 1060. The Balaban J connectivity index is 1.75. The molecule has 0 aliphatic carbocycles.